The van der Waals surface area contributed by atoms with Gasteiger partial charge in [-0.3, -0.25) is 4.79 Å². The minimum atomic E-state index is -0.121. The highest BCUT2D eigenvalue weighted by atomic mass is 35.5. The summed E-state index contributed by atoms with van der Waals surface area (Å²) in [6, 6.07) is 29.2. The number of benzene rings is 4. The lowest BCUT2D eigenvalue weighted by atomic mass is 10.0. The number of ether oxygens (including phenoxy) is 1. The van der Waals surface area contributed by atoms with Gasteiger partial charge in [0.15, 0.2) is 0 Å². The Balaban J connectivity index is 1.68. The number of hydrogen-bond donors (Lipinski definition) is 1. The van der Waals surface area contributed by atoms with Gasteiger partial charge in [0.2, 0.25) is 0 Å². The van der Waals surface area contributed by atoms with Gasteiger partial charge in [0.1, 0.15) is 12.4 Å². The molecule has 0 fully saturated rings. The van der Waals surface area contributed by atoms with E-state index in [0.29, 0.717) is 42.6 Å². The van der Waals surface area contributed by atoms with Crippen LogP contribution in [0.1, 0.15) is 21.5 Å². The lowest BCUT2D eigenvalue weighted by molar-refractivity contribution is 0.0743. The topological polar surface area (TPSA) is 55.6 Å². The van der Waals surface area contributed by atoms with Gasteiger partial charge in [0.05, 0.1) is 5.56 Å². The Morgan fingerprint density at radius 2 is 1.53 bits per heavy atom. The molecule has 4 nitrogen and oxygen atoms in total. The third-order valence-corrected chi connectivity index (χ3v) is 5.50. The van der Waals surface area contributed by atoms with Crippen LogP contribution >= 0.6 is 11.6 Å². The zero-order valence-electron chi connectivity index (χ0n) is 17.7. The average Bonchev–Trinajstić information content (AvgIpc) is 2.82. The molecule has 4 aromatic carbocycles. The molecule has 0 saturated heterocycles. The molecule has 0 heterocycles. The third-order valence-electron chi connectivity index (χ3n) is 5.26. The smallest absolute Gasteiger partial charge is 0.257 e. The third kappa shape index (κ3) is 5.28. The minimum Gasteiger partial charge on any atom is -0.488 e. The van der Waals surface area contributed by atoms with E-state index in [0.717, 1.165) is 21.9 Å². The first-order valence-corrected chi connectivity index (χ1v) is 10.9. The minimum absolute atomic E-state index is 0.121. The van der Waals surface area contributed by atoms with Crippen LogP contribution in [0.5, 0.6) is 5.75 Å². The Kier molecular flexibility index (Phi) is 7.05. The van der Waals surface area contributed by atoms with E-state index in [-0.39, 0.29) is 5.91 Å². The summed E-state index contributed by atoms with van der Waals surface area (Å²) in [5, 5.41) is 2.64. The molecule has 0 unspecified atom stereocenters. The van der Waals surface area contributed by atoms with Crippen LogP contribution in [0.3, 0.4) is 0 Å². The summed E-state index contributed by atoms with van der Waals surface area (Å²) in [6.45, 7) is 1.59. The van der Waals surface area contributed by atoms with Crippen LogP contribution in [0.4, 0.5) is 0 Å². The molecule has 4 aromatic rings. The van der Waals surface area contributed by atoms with E-state index < -0.39 is 0 Å². The maximum atomic E-state index is 13.7. The van der Waals surface area contributed by atoms with Crippen LogP contribution < -0.4 is 10.5 Å². The zero-order chi connectivity index (χ0) is 22.3. The maximum Gasteiger partial charge on any atom is 0.257 e. The lowest BCUT2D eigenvalue weighted by Crippen LogP contribution is -2.35. The van der Waals surface area contributed by atoms with Crippen LogP contribution in [0, 0.1) is 0 Å². The van der Waals surface area contributed by atoms with Crippen molar-refractivity contribution in [3.8, 4) is 5.75 Å². The Bertz CT molecular complexity index is 1210. The number of nitrogens with two attached hydrogens (primary N) is 1. The second-order valence-corrected chi connectivity index (χ2v) is 8.05. The fraction of sp³-hybridized carbons (Fsp3) is 0.148. The molecule has 0 bridgehead atoms. The molecule has 0 radical (unpaired) electrons. The highest BCUT2D eigenvalue weighted by Crippen LogP contribution is 2.29. The fourth-order valence-electron chi connectivity index (χ4n) is 3.68. The van der Waals surface area contributed by atoms with Crippen molar-refractivity contribution in [1.82, 2.24) is 4.90 Å². The maximum absolute atomic E-state index is 13.7. The number of hydrogen-bond acceptors (Lipinski definition) is 3. The second-order valence-electron chi connectivity index (χ2n) is 7.62. The predicted octanol–water partition coefficient (Wildman–Crippen LogP) is 5.67. The highest BCUT2D eigenvalue weighted by molar-refractivity contribution is 6.30. The summed E-state index contributed by atoms with van der Waals surface area (Å²) in [5.74, 6) is 0.440. The molecule has 162 valence electrons. The van der Waals surface area contributed by atoms with Gasteiger partial charge in [-0.25, -0.2) is 0 Å². The molecule has 0 aliphatic rings. The number of carbonyl (C=O) groups excluding carboxylic acids is 1. The van der Waals surface area contributed by atoms with E-state index in [1.807, 2.05) is 91.0 Å². The van der Waals surface area contributed by atoms with Crippen LogP contribution in [-0.4, -0.2) is 23.9 Å². The van der Waals surface area contributed by atoms with Gasteiger partial charge in [-0.1, -0.05) is 78.3 Å². The molecule has 0 spiro atoms. The quantitative estimate of drug-likeness (QED) is 0.380. The van der Waals surface area contributed by atoms with Gasteiger partial charge in [-0.15, -0.1) is 0 Å². The van der Waals surface area contributed by atoms with Crippen LogP contribution in [0.2, 0.25) is 5.02 Å². The normalized spacial score (nSPS) is 10.8. The Hall–Kier alpha value is -3.34. The van der Waals surface area contributed by atoms with Gasteiger partial charge < -0.3 is 15.4 Å². The summed E-state index contributed by atoms with van der Waals surface area (Å²) in [5.41, 5.74) is 8.35. The average molecular weight is 445 g/mol. The van der Waals surface area contributed by atoms with Crippen molar-refractivity contribution in [3.05, 3.63) is 113 Å². The molecule has 1 amide bonds. The first kappa shape index (κ1) is 21.9. The molecule has 0 atom stereocenters. The van der Waals surface area contributed by atoms with Gasteiger partial charge in [-0.2, -0.15) is 0 Å². The number of rotatable bonds is 8. The monoisotopic (exact) mass is 444 g/mol. The Morgan fingerprint density at radius 1 is 0.844 bits per heavy atom. The fourth-order valence-corrected chi connectivity index (χ4v) is 3.89. The van der Waals surface area contributed by atoms with E-state index >= 15 is 0 Å². The molecule has 0 saturated carbocycles. The van der Waals surface area contributed by atoms with E-state index in [2.05, 4.69) is 0 Å². The van der Waals surface area contributed by atoms with Crippen molar-refractivity contribution in [2.75, 3.05) is 13.1 Å². The standard InChI is InChI=1S/C27H25ClN2O2/c28-24-12-6-9-21(15-24)18-30(14-13-29)27(31)25-16-22-10-4-5-11-23(22)17-26(25)32-19-20-7-2-1-3-8-20/h1-12,15-17H,13-14,18-19,29H2. The molecule has 0 aromatic heterocycles. The summed E-state index contributed by atoms with van der Waals surface area (Å²) in [6.07, 6.45) is 0. The largest absolute Gasteiger partial charge is 0.488 e. The first-order chi connectivity index (χ1) is 15.6. The SMILES string of the molecule is NCCN(Cc1cccc(Cl)c1)C(=O)c1cc2ccccc2cc1OCc1ccccc1. The van der Waals surface area contributed by atoms with Crippen LogP contribution in [0.25, 0.3) is 10.8 Å². The molecule has 32 heavy (non-hydrogen) atoms. The molecule has 0 aliphatic carbocycles. The number of nitrogens with zero attached hydrogens (tertiary/aromatic N) is 1. The van der Waals surface area contributed by atoms with Crippen molar-refractivity contribution in [2.45, 2.75) is 13.2 Å². The summed E-state index contributed by atoms with van der Waals surface area (Å²) >= 11 is 6.14. The van der Waals surface area contributed by atoms with Crippen molar-refractivity contribution < 1.29 is 9.53 Å². The lowest BCUT2D eigenvalue weighted by Gasteiger charge is -2.24. The summed E-state index contributed by atoms with van der Waals surface area (Å²) in [7, 11) is 0. The molecule has 0 aliphatic heterocycles. The first-order valence-electron chi connectivity index (χ1n) is 10.6. The highest BCUT2D eigenvalue weighted by Gasteiger charge is 2.21. The van der Waals surface area contributed by atoms with Crippen molar-refractivity contribution >= 4 is 28.3 Å². The van der Waals surface area contributed by atoms with E-state index in [9.17, 15) is 4.79 Å². The van der Waals surface area contributed by atoms with Crippen molar-refractivity contribution in [3.63, 3.8) is 0 Å². The van der Waals surface area contributed by atoms with E-state index in [4.69, 9.17) is 22.1 Å². The zero-order valence-corrected chi connectivity index (χ0v) is 18.5. The molecular weight excluding hydrogens is 420 g/mol. The molecular formula is C27H25ClN2O2. The van der Waals surface area contributed by atoms with Crippen molar-refractivity contribution in [2.24, 2.45) is 5.73 Å². The van der Waals surface area contributed by atoms with Crippen molar-refractivity contribution in [1.29, 1.82) is 0 Å². The summed E-state index contributed by atoms with van der Waals surface area (Å²) in [4.78, 5) is 15.4. The van der Waals surface area contributed by atoms with Gasteiger partial charge in [0.25, 0.3) is 5.91 Å². The Labute approximate surface area is 193 Å². The van der Waals surface area contributed by atoms with Crippen LogP contribution in [-0.2, 0) is 13.2 Å². The van der Waals surface area contributed by atoms with E-state index in [1.54, 1.807) is 4.90 Å². The van der Waals surface area contributed by atoms with E-state index in [1.165, 1.54) is 0 Å². The van der Waals surface area contributed by atoms with Gasteiger partial charge >= 0.3 is 0 Å². The number of halogens is 1. The number of amides is 1. The number of carbonyl (C=O) groups is 1. The molecule has 2 N–H and O–H groups in total. The number of fused-ring (bicyclic) bond motifs is 1. The summed E-state index contributed by atoms with van der Waals surface area (Å²) < 4.78 is 6.15. The molecule has 5 heteroatoms. The van der Waals surface area contributed by atoms with Crippen LogP contribution in [0.15, 0.2) is 91.0 Å². The Morgan fingerprint density at radius 3 is 2.25 bits per heavy atom. The molecule has 4 rings (SSSR count). The van der Waals surface area contributed by atoms with Gasteiger partial charge in [-0.05, 0) is 46.2 Å². The predicted molar refractivity (Wildman–Crippen MR) is 130 cm³/mol. The van der Waals surface area contributed by atoms with Gasteiger partial charge in [0, 0.05) is 24.7 Å². The second kappa shape index (κ2) is 10.3.